The van der Waals surface area contributed by atoms with Crippen LogP contribution in [-0.2, 0) is 21.2 Å². The number of aromatic nitrogens is 1. The van der Waals surface area contributed by atoms with Crippen molar-refractivity contribution in [2.24, 2.45) is 11.8 Å². The van der Waals surface area contributed by atoms with Crippen molar-refractivity contribution in [3.63, 3.8) is 0 Å². The lowest BCUT2D eigenvalue weighted by Gasteiger charge is -2.51. The summed E-state index contributed by atoms with van der Waals surface area (Å²) in [7, 11) is -3.12. The number of pyridine rings is 1. The molecule has 2 N–H and O–H groups in total. The van der Waals surface area contributed by atoms with Crippen LogP contribution < -0.4 is 10.6 Å². The Morgan fingerprint density at radius 1 is 1.33 bits per heavy atom. The van der Waals surface area contributed by atoms with Gasteiger partial charge in [-0.25, -0.2) is 12.8 Å². The van der Waals surface area contributed by atoms with Crippen LogP contribution in [0.2, 0.25) is 0 Å². The van der Waals surface area contributed by atoms with Crippen molar-refractivity contribution in [1.29, 1.82) is 0 Å². The van der Waals surface area contributed by atoms with Gasteiger partial charge in [0.2, 0.25) is 5.91 Å². The van der Waals surface area contributed by atoms with Crippen LogP contribution in [0.25, 0.3) is 0 Å². The summed E-state index contributed by atoms with van der Waals surface area (Å²) in [4.78, 5) is 15.5. The highest BCUT2D eigenvalue weighted by Crippen LogP contribution is 2.49. The molecule has 0 aromatic carbocycles. The lowest BCUT2D eigenvalue weighted by Crippen LogP contribution is -2.59. The molecular weight excluding hydrogens is 369 g/mol. The fourth-order valence-electron chi connectivity index (χ4n) is 4.19. The number of nitrogens with zero attached hydrogens (tertiary/aromatic N) is 1. The molecule has 1 atom stereocenters. The Kier molecular flexibility index (Phi) is 5.86. The van der Waals surface area contributed by atoms with Crippen LogP contribution in [0, 0.1) is 17.7 Å². The van der Waals surface area contributed by atoms with E-state index in [1.54, 1.807) is 6.20 Å². The standard InChI is InChI=1S/C19H28FN3O3S/c1-13(2)18(24)23-11-15-6-19(7-15)8-17(3-4-27(19,25)26)22-10-14-5-16(20)12-21-9-14/h5,9,12-13,15,17,22H,3-4,6-8,10-11H2,1-2H3,(H,23,24). The highest BCUT2D eigenvalue weighted by Gasteiger charge is 2.56. The average Bonchev–Trinajstić information content (AvgIpc) is 2.57. The quantitative estimate of drug-likeness (QED) is 0.764. The average molecular weight is 398 g/mol. The van der Waals surface area contributed by atoms with Crippen molar-refractivity contribution in [1.82, 2.24) is 15.6 Å². The van der Waals surface area contributed by atoms with Gasteiger partial charge in [-0.15, -0.1) is 0 Å². The number of nitrogens with one attached hydrogen (secondary N) is 2. The molecule has 1 spiro atoms. The number of hydrogen-bond acceptors (Lipinski definition) is 5. The van der Waals surface area contributed by atoms with E-state index in [2.05, 4.69) is 15.6 Å². The predicted octanol–water partition coefficient (Wildman–Crippen LogP) is 1.81. The first kappa shape index (κ1) is 20.2. The van der Waals surface area contributed by atoms with Crippen molar-refractivity contribution in [3.8, 4) is 0 Å². The summed E-state index contributed by atoms with van der Waals surface area (Å²) >= 11 is 0. The molecule has 0 radical (unpaired) electrons. The summed E-state index contributed by atoms with van der Waals surface area (Å²) < 4.78 is 37.9. The zero-order valence-corrected chi connectivity index (χ0v) is 16.7. The zero-order valence-electron chi connectivity index (χ0n) is 15.9. The van der Waals surface area contributed by atoms with E-state index >= 15 is 0 Å². The van der Waals surface area contributed by atoms with E-state index in [0.717, 1.165) is 11.8 Å². The van der Waals surface area contributed by atoms with Crippen LogP contribution >= 0.6 is 0 Å². The van der Waals surface area contributed by atoms with Gasteiger partial charge < -0.3 is 10.6 Å². The van der Waals surface area contributed by atoms with Crippen LogP contribution in [0.3, 0.4) is 0 Å². The molecule has 1 aromatic rings. The summed E-state index contributed by atoms with van der Waals surface area (Å²) in [5, 5.41) is 6.27. The van der Waals surface area contributed by atoms with Gasteiger partial charge in [0, 0.05) is 31.2 Å². The molecule has 27 heavy (non-hydrogen) atoms. The molecule has 8 heteroatoms. The number of sulfone groups is 1. The normalized spacial score (nSPS) is 29.5. The molecule has 1 aromatic heterocycles. The number of carbonyl (C=O) groups excluding carboxylic acids is 1. The number of rotatable bonds is 6. The second-order valence-electron chi connectivity index (χ2n) is 8.26. The first-order chi connectivity index (χ1) is 12.7. The van der Waals surface area contributed by atoms with Crippen LogP contribution in [0.4, 0.5) is 4.39 Å². The van der Waals surface area contributed by atoms with E-state index in [-0.39, 0.29) is 35.4 Å². The summed E-state index contributed by atoms with van der Waals surface area (Å²) in [5.41, 5.74) is 0.750. The predicted molar refractivity (Wildman–Crippen MR) is 101 cm³/mol. The van der Waals surface area contributed by atoms with E-state index in [1.807, 2.05) is 13.8 Å². The molecule has 1 amide bonds. The van der Waals surface area contributed by atoms with Gasteiger partial charge in [-0.2, -0.15) is 0 Å². The van der Waals surface area contributed by atoms with Crippen LogP contribution in [0.1, 0.15) is 45.1 Å². The molecule has 2 aliphatic rings. The highest BCUT2D eigenvalue weighted by atomic mass is 32.2. The molecule has 1 unspecified atom stereocenters. The van der Waals surface area contributed by atoms with Crippen molar-refractivity contribution >= 4 is 15.7 Å². The summed E-state index contributed by atoms with van der Waals surface area (Å²) in [5.74, 6) is -0.0399. The summed E-state index contributed by atoms with van der Waals surface area (Å²) in [6, 6.07) is 1.52. The van der Waals surface area contributed by atoms with Crippen molar-refractivity contribution in [2.45, 2.75) is 56.9 Å². The van der Waals surface area contributed by atoms with Gasteiger partial charge in [0.1, 0.15) is 5.82 Å². The van der Waals surface area contributed by atoms with Crippen molar-refractivity contribution in [2.75, 3.05) is 12.3 Å². The van der Waals surface area contributed by atoms with Gasteiger partial charge >= 0.3 is 0 Å². The Morgan fingerprint density at radius 3 is 2.74 bits per heavy atom. The van der Waals surface area contributed by atoms with E-state index in [9.17, 15) is 17.6 Å². The molecule has 0 bridgehead atoms. The fourth-order valence-corrected chi connectivity index (χ4v) is 6.65. The lowest BCUT2D eigenvalue weighted by molar-refractivity contribution is -0.124. The number of halogens is 1. The van der Waals surface area contributed by atoms with Gasteiger partial charge in [-0.1, -0.05) is 13.8 Å². The van der Waals surface area contributed by atoms with Crippen LogP contribution in [0.15, 0.2) is 18.5 Å². The first-order valence-electron chi connectivity index (χ1n) is 9.53. The largest absolute Gasteiger partial charge is 0.356 e. The van der Waals surface area contributed by atoms with Crippen molar-refractivity contribution in [3.05, 3.63) is 29.8 Å². The van der Waals surface area contributed by atoms with Gasteiger partial charge in [-0.3, -0.25) is 9.78 Å². The van der Waals surface area contributed by atoms with E-state index in [0.29, 0.717) is 38.8 Å². The summed E-state index contributed by atoms with van der Waals surface area (Å²) in [6.45, 7) is 4.70. The maximum absolute atomic E-state index is 13.2. The monoisotopic (exact) mass is 397 g/mol. The Balaban J connectivity index is 1.54. The van der Waals surface area contributed by atoms with Gasteiger partial charge in [0.05, 0.1) is 16.7 Å². The second kappa shape index (κ2) is 7.83. The number of hydrogen-bond donors (Lipinski definition) is 2. The second-order valence-corrected chi connectivity index (χ2v) is 10.8. The molecule has 1 aliphatic heterocycles. The van der Waals surface area contributed by atoms with E-state index in [1.165, 1.54) is 6.07 Å². The Labute approximate surface area is 160 Å². The van der Waals surface area contributed by atoms with Gasteiger partial charge in [0.25, 0.3) is 0 Å². The molecule has 2 heterocycles. The molecule has 150 valence electrons. The maximum Gasteiger partial charge on any atom is 0.222 e. The SMILES string of the molecule is CC(C)C(=O)NCC1CC2(C1)CC(NCc1cncc(F)c1)CCS2(=O)=O. The minimum atomic E-state index is -3.12. The van der Waals surface area contributed by atoms with E-state index in [4.69, 9.17) is 0 Å². The van der Waals surface area contributed by atoms with Crippen molar-refractivity contribution < 1.29 is 17.6 Å². The van der Waals surface area contributed by atoms with Crippen LogP contribution in [-0.4, -0.2) is 42.4 Å². The summed E-state index contributed by atoms with van der Waals surface area (Å²) in [6.07, 6.45) is 5.13. The number of carbonyl (C=O) groups is 1. The minimum Gasteiger partial charge on any atom is -0.356 e. The van der Waals surface area contributed by atoms with E-state index < -0.39 is 14.6 Å². The number of amides is 1. The lowest BCUT2D eigenvalue weighted by atomic mass is 9.70. The Morgan fingerprint density at radius 2 is 2.07 bits per heavy atom. The zero-order chi connectivity index (χ0) is 19.7. The third-order valence-electron chi connectivity index (χ3n) is 5.78. The molecular formula is C19H28FN3O3S. The molecule has 2 fully saturated rings. The van der Waals surface area contributed by atoms with Gasteiger partial charge in [-0.05, 0) is 43.2 Å². The fraction of sp³-hybridized carbons (Fsp3) is 0.684. The topological polar surface area (TPSA) is 88.2 Å². The molecule has 1 saturated heterocycles. The first-order valence-corrected chi connectivity index (χ1v) is 11.2. The third kappa shape index (κ3) is 4.48. The van der Waals surface area contributed by atoms with Crippen LogP contribution in [0.5, 0.6) is 0 Å². The smallest absolute Gasteiger partial charge is 0.222 e. The maximum atomic E-state index is 13.2. The Hall–Kier alpha value is -1.54. The molecule has 1 aliphatic carbocycles. The minimum absolute atomic E-state index is 0.00528. The molecule has 1 saturated carbocycles. The van der Waals surface area contributed by atoms with Gasteiger partial charge in [0.15, 0.2) is 9.84 Å². The Bertz CT molecular complexity index is 791. The molecule has 3 rings (SSSR count). The third-order valence-corrected chi connectivity index (χ3v) is 8.37. The highest BCUT2D eigenvalue weighted by molar-refractivity contribution is 7.92. The molecule has 6 nitrogen and oxygen atoms in total.